The second-order valence-electron chi connectivity index (χ2n) is 5.96. The summed E-state index contributed by atoms with van der Waals surface area (Å²) >= 11 is 0. The molecule has 1 saturated heterocycles. The van der Waals surface area contributed by atoms with Gasteiger partial charge in [-0.2, -0.15) is 0 Å². The molecule has 2 rings (SSSR count). The van der Waals surface area contributed by atoms with Crippen LogP contribution >= 0.6 is 0 Å². The molecule has 0 unspecified atom stereocenters. The van der Waals surface area contributed by atoms with E-state index in [2.05, 4.69) is 19.2 Å². The van der Waals surface area contributed by atoms with Gasteiger partial charge in [0.2, 0.25) is 5.91 Å². The lowest BCUT2D eigenvalue weighted by molar-refractivity contribution is -0.120. The molecule has 0 aliphatic carbocycles. The molecule has 1 fully saturated rings. The van der Waals surface area contributed by atoms with Crippen LogP contribution in [0, 0.1) is 11.8 Å². The van der Waals surface area contributed by atoms with Crippen molar-refractivity contribution >= 4 is 5.91 Å². The number of amides is 1. The molecule has 0 radical (unpaired) electrons. The Bertz CT molecular complexity index is 473. The first-order valence-corrected chi connectivity index (χ1v) is 7.61. The first kappa shape index (κ1) is 15.8. The molecule has 116 valence electrons. The van der Waals surface area contributed by atoms with Crippen molar-refractivity contribution in [2.75, 3.05) is 20.3 Å². The third kappa shape index (κ3) is 4.46. The van der Waals surface area contributed by atoms with Crippen molar-refractivity contribution in [2.45, 2.75) is 32.8 Å². The third-order valence-corrected chi connectivity index (χ3v) is 3.98. The van der Waals surface area contributed by atoms with Gasteiger partial charge in [-0.3, -0.25) is 4.79 Å². The molecule has 0 bridgehead atoms. The number of ether oxygens (including phenoxy) is 2. The number of methoxy groups -OCH3 is 1. The van der Waals surface area contributed by atoms with E-state index < -0.39 is 0 Å². The average molecular weight is 291 g/mol. The molecule has 1 aliphatic rings. The summed E-state index contributed by atoms with van der Waals surface area (Å²) in [7, 11) is 1.63. The Morgan fingerprint density at radius 1 is 1.48 bits per heavy atom. The highest BCUT2D eigenvalue weighted by atomic mass is 16.5. The highest BCUT2D eigenvalue weighted by molar-refractivity contribution is 5.78. The van der Waals surface area contributed by atoms with Gasteiger partial charge in [0, 0.05) is 19.1 Å². The van der Waals surface area contributed by atoms with Gasteiger partial charge in [0.1, 0.15) is 5.75 Å². The highest BCUT2D eigenvalue weighted by Crippen LogP contribution is 2.26. The van der Waals surface area contributed by atoms with Crippen LogP contribution in [-0.2, 0) is 16.0 Å². The molecule has 4 nitrogen and oxygen atoms in total. The summed E-state index contributed by atoms with van der Waals surface area (Å²) < 4.78 is 10.9. The van der Waals surface area contributed by atoms with Crippen LogP contribution in [0.1, 0.15) is 25.8 Å². The Morgan fingerprint density at radius 2 is 2.29 bits per heavy atom. The van der Waals surface area contributed by atoms with E-state index in [-0.39, 0.29) is 12.0 Å². The smallest absolute Gasteiger partial charge is 0.224 e. The van der Waals surface area contributed by atoms with Gasteiger partial charge in [-0.25, -0.2) is 0 Å². The number of hydrogen-bond acceptors (Lipinski definition) is 3. The summed E-state index contributed by atoms with van der Waals surface area (Å²) in [5.74, 6) is 1.76. The molecular formula is C17H25NO3. The lowest BCUT2D eigenvalue weighted by Gasteiger charge is -2.22. The van der Waals surface area contributed by atoms with E-state index in [1.165, 1.54) is 0 Å². The fourth-order valence-electron chi connectivity index (χ4n) is 2.89. The zero-order valence-electron chi connectivity index (χ0n) is 13.1. The van der Waals surface area contributed by atoms with Gasteiger partial charge in [0.05, 0.1) is 19.6 Å². The second-order valence-corrected chi connectivity index (χ2v) is 5.96. The Kier molecular flexibility index (Phi) is 5.62. The number of nitrogens with one attached hydrogen (secondary N) is 1. The van der Waals surface area contributed by atoms with Gasteiger partial charge in [0.15, 0.2) is 0 Å². The Labute approximate surface area is 126 Å². The maximum absolute atomic E-state index is 12.1. The fraction of sp³-hybridized carbons (Fsp3) is 0.588. The molecule has 0 spiro atoms. The van der Waals surface area contributed by atoms with Crippen molar-refractivity contribution in [3.63, 3.8) is 0 Å². The standard InChI is InChI=1S/C17H25NO3/c1-12(2)17-14(7-8-21-17)11-18-16(19)10-13-5-4-6-15(9-13)20-3/h4-6,9,12,14,17H,7-8,10-11H2,1-3H3,(H,18,19)/t14-,17+/m0/s1. The minimum atomic E-state index is 0.0534. The summed E-state index contributed by atoms with van der Waals surface area (Å²) in [6, 6.07) is 7.62. The molecule has 1 N–H and O–H groups in total. The summed E-state index contributed by atoms with van der Waals surface area (Å²) in [4.78, 5) is 12.1. The van der Waals surface area contributed by atoms with E-state index in [1.54, 1.807) is 7.11 Å². The molecule has 1 amide bonds. The van der Waals surface area contributed by atoms with Crippen molar-refractivity contribution in [1.82, 2.24) is 5.32 Å². The predicted molar refractivity (Wildman–Crippen MR) is 82.4 cm³/mol. The Hall–Kier alpha value is -1.55. The first-order valence-electron chi connectivity index (χ1n) is 7.61. The number of carbonyl (C=O) groups is 1. The molecule has 1 aromatic carbocycles. The van der Waals surface area contributed by atoms with Gasteiger partial charge in [-0.1, -0.05) is 26.0 Å². The van der Waals surface area contributed by atoms with Crippen LogP contribution in [0.5, 0.6) is 5.75 Å². The second kappa shape index (κ2) is 7.46. The summed E-state index contributed by atoms with van der Waals surface area (Å²) in [6.45, 7) is 5.84. The zero-order valence-corrected chi connectivity index (χ0v) is 13.1. The van der Waals surface area contributed by atoms with Crippen molar-refractivity contribution in [1.29, 1.82) is 0 Å². The number of hydrogen-bond donors (Lipinski definition) is 1. The van der Waals surface area contributed by atoms with Crippen LogP contribution in [0.4, 0.5) is 0 Å². The predicted octanol–water partition coefficient (Wildman–Crippen LogP) is 2.42. The lowest BCUT2D eigenvalue weighted by Crippen LogP contribution is -2.35. The minimum Gasteiger partial charge on any atom is -0.497 e. The molecular weight excluding hydrogens is 266 g/mol. The number of rotatable bonds is 6. The normalized spacial score (nSPS) is 21.5. The fourth-order valence-corrected chi connectivity index (χ4v) is 2.89. The molecule has 1 heterocycles. The molecule has 0 saturated carbocycles. The molecule has 4 heteroatoms. The summed E-state index contributed by atoms with van der Waals surface area (Å²) in [6.07, 6.45) is 1.68. The molecule has 1 aliphatic heterocycles. The maximum Gasteiger partial charge on any atom is 0.224 e. The van der Waals surface area contributed by atoms with Gasteiger partial charge in [-0.15, -0.1) is 0 Å². The van der Waals surface area contributed by atoms with Crippen LogP contribution in [0.2, 0.25) is 0 Å². The van der Waals surface area contributed by atoms with Crippen LogP contribution in [0.3, 0.4) is 0 Å². The topological polar surface area (TPSA) is 47.6 Å². The van der Waals surface area contributed by atoms with Crippen molar-refractivity contribution < 1.29 is 14.3 Å². The molecule has 0 aromatic heterocycles. The van der Waals surface area contributed by atoms with E-state index >= 15 is 0 Å². The van der Waals surface area contributed by atoms with Gasteiger partial charge < -0.3 is 14.8 Å². The van der Waals surface area contributed by atoms with Gasteiger partial charge in [-0.05, 0) is 30.0 Å². The largest absolute Gasteiger partial charge is 0.497 e. The number of carbonyl (C=O) groups excluding carboxylic acids is 1. The quantitative estimate of drug-likeness (QED) is 0.875. The first-order chi connectivity index (χ1) is 10.1. The van der Waals surface area contributed by atoms with E-state index in [9.17, 15) is 4.79 Å². The van der Waals surface area contributed by atoms with Crippen molar-refractivity contribution in [2.24, 2.45) is 11.8 Å². The Morgan fingerprint density at radius 3 is 3.00 bits per heavy atom. The molecule has 2 atom stereocenters. The van der Waals surface area contributed by atoms with E-state index in [0.717, 1.165) is 24.3 Å². The maximum atomic E-state index is 12.1. The minimum absolute atomic E-state index is 0.0534. The third-order valence-electron chi connectivity index (χ3n) is 3.98. The average Bonchev–Trinajstić information content (AvgIpc) is 2.94. The number of benzene rings is 1. The molecule has 1 aromatic rings. The lowest BCUT2D eigenvalue weighted by atomic mass is 9.93. The van der Waals surface area contributed by atoms with Crippen LogP contribution in [0.25, 0.3) is 0 Å². The highest BCUT2D eigenvalue weighted by Gasteiger charge is 2.30. The summed E-state index contributed by atoms with van der Waals surface area (Å²) in [5.41, 5.74) is 0.968. The van der Waals surface area contributed by atoms with E-state index in [4.69, 9.17) is 9.47 Å². The Balaban J connectivity index is 1.82. The van der Waals surface area contributed by atoms with Gasteiger partial charge >= 0.3 is 0 Å². The van der Waals surface area contributed by atoms with E-state index in [0.29, 0.717) is 24.8 Å². The van der Waals surface area contributed by atoms with Crippen LogP contribution in [0.15, 0.2) is 24.3 Å². The zero-order chi connectivity index (χ0) is 15.2. The summed E-state index contributed by atoms with van der Waals surface area (Å²) in [5, 5.41) is 3.04. The van der Waals surface area contributed by atoms with Crippen molar-refractivity contribution in [3.05, 3.63) is 29.8 Å². The van der Waals surface area contributed by atoms with Gasteiger partial charge in [0.25, 0.3) is 0 Å². The SMILES string of the molecule is COc1cccc(CC(=O)NC[C@@H]2CCO[C@@H]2C(C)C)c1. The van der Waals surface area contributed by atoms with Crippen molar-refractivity contribution in [3.8, 4) is 5.75 Å². The van der Waals surface area contributed by atoms with E-state index in [1.807, 2.05) is 24.3 Å². The van der Waals surface area contributed by atoms with Crippen LogP contribution in [-0.4, -0.2) is 32.3 Å². The van der Waals surface area contributed by atoms with Crippen LogP contribution < -0.4 is 10.1 Å². The monoisotopic (exact) mass is 291 g/mol. The molecule has 21 heavy (non-hydrogen) atoms.